The fraction of sp³-hybridized carbons (Fsp3) is 0.529. The molecular formula is C17H18F3NO5. The van der Waals surface area contributed by atoms with Crippen LogP contribution in [0.15, 0.2) is 18.2 Å². The van der Waals surface area contributed by atoms with E-state index in [2.05, 4.69) is 0 Å². The molecule has 9 heteroatoms. The van der Waals surface area contributed by atoms with Crippen LogP contribution in [-0.2, 0) is 16.1 Å². The Morgan fingerprint density at radius 1 is 1.19 bits per heavy atom. The van der Waals surface area contributed by atoms with E-state index < -0.39 is 36.6 Å². The predicted octanol–water partition coefficient (Wildman–Crippen LogP) is 2.46. The maximum atomic E-state index is 13.5. The van der Waals surface area contributed by atoms with Crippen molar-refractivity contribution in [3.05, 3.63) is 29.3 Å². The zero-order valence-corrected chi connectivity index (χ0v) is 13.8. The molecule has 1 saturated heterocycles. The molecule has 1 aromatic carbocycles. The number of halogens is 3. The van der Waals surface area contributed by atoms with Gasteiger partial charge in [0.2, 0.25) is 5.91 Å². The lowest BCUT2D eigenvalue weighted by molar-refractivity contribution is -0.198. The van der Waals surface area contributed by atoms with Crippen molar-refractivity contribution in [2.45, 2.75) is 31.6 Å². The molecule has 2 aliphatic rings. The molecule has 1 atom stereocenters. The highest BCUT2D eigenvalue weighted by atomic mass is 19.4. The summed E-state index contributed by atoms with van der Waals surface area (Å²) in [6.45, 7) is -0.365. The number of rotatable bonds is 2. The van der Waals surface area contributed by atoms with Crippen molar-refractivity contribution in [3.8, 4) is 5.75 Å². The first-order chi connectivity index (χ1) is 12.3. The van der Waals surface area contributed by atoms with Gasteiger partial charge < -0.3 is 19.5 Å². The van der Waals surface area contributed by atoms with Gasteiger partial charge in [-0.2, -0.15) is 13.2 Å². The topological polar surface area (TPSA) is 76.1 Å². The average molecular weight is 373 g/mol. The Morgan fingerprint density at radius 2 is 1.88 bits per heavy atom. The Hall–Kier alpha value is -2.29. The van der Waals surface area contributed by atoms with Crippen molar-refractivity contribution in [2.75, 3.05) is 19.8 Å². The van der Waals surface area contributed by atoms with Crippen molar-refractivity contribution in [3.63, 3.8) is 0 Å². The zero-order valence-electron chi connectivity index (χ0n) is 13.8. The minimum atomic E-state index is -4.65. The quantitative estimate of drug-likeness (QED) is 0.862. The van der Waals surface area contributed by atoms with E-state index in [1.807, 2.05) is 0 Å². The van der Waals surface area contributed by atoms with Crippen molar-refractivity contribution in [1.29, 1.82) is 0 Å². The highest BCUT2D eigenvalue weighted by Gasteiger charge is 2.48. The van der Waals surface area contributed by atoms with Gasteiger partial charge in [-0.05, 0) is 25.0 Å². The summed E-state index contributed by atoms with van der Waals surface area (Å²) in [5.74, 6) is -2.24. The second kappa shape index (κ2) is 7.14. The Morgan fingerprint density at radius 3 is 2.50 bits per heavy atom. The number of amides is 1. The zero-order chi connectivity index (χ0) is 18.9. The van der Waals surface area contributed by atoms with Crippen LogP contribution in [0.25, 0.3) is 0 Å². The fourth-order valence-corrected chi connectivity index (χ4v) is 3.19. The molecule has 0 aromatic heterocycles. The Kier molecular flexibility index (Phi) is 5.08. The summed E-state index contributed by atoms with van der Waals surface area (Å²) in [6.07, 6.45) is -3.89. The molecule has 1 fully saturated rings. The number of nitrogens with zero attached hydrogens (tertiary/aromatic N) is 1. The van der Waals surface area contributed by atoms with Crippen LogP contribution in [0.1, 0.15) is 28.8 Å². The number of ether oxygens (including phenoxy) is 2. The van der Waals surface area contributed by atoms with Gasteiger partial charge in [-0.3, -0.25) is 4.79 Å². The molecule has 142 valence electrons. The molecule has 0 radical (unpaired) electrons. The molecule has 0 unspecified atom stereocenters. The number of benzene rings is 1. The molecule has 2 aliphatic heterocycles. The van der Waals surface area contributed by atoms with E-state index in [-0.39, 0.29) is 17.9 Å². The van der Waals surface area contributed by atoms with E-state index in [1.54, 1.807) is 0 Å². The van der Waals surface area contributed by atoms with Crippen LogP contribution in [0.4, 0.5) is 13.2 Å². The van der Waals surface area contributed by atoms with E-state index in [0.717, 1.165) is 4.90 Å². The number of carbonyl (C=O) groups excluding carboxylic acids is 1. The normalized spacial score (nSPS) is 21.5. The van der Waals surface area contributed by atoms with Crippen LogP contribution >= 0.6 is 0 Å². The molecule has 3 rings (SSSR count). The molecule has 0 saturated carbocycles. The van der Waals surface area contributed by atoms with Gasteiger partial charge in [0.25, 0.3) is 0 Å². The minimum absolute atomic E-state index is 0.0569. The number of carboxylic acid groups (broad SMARTS) is 1. The molecule has 1 aromatic rings. The molecule has 1 N–H and O–H groups in total. The molecule has 0 spiro atoms. The Labute approximate surface area is 147 Å². The van der Waals surface area contributed by atoms with Gasteiger partial charge in [0.15, 0.2) is 6.04 Å². The summed E-state index contributed by atoms with van der Waals surface area (Å²) >= 11 is 0. The standard InChI is InChI=1S/C17H18F3NO5/c18-17(19,20)14-9-26-13-7-11(16(23)24)1-2-12(13)8-21(14)15(22)10-3-5-25-6-4-10/h1-2,7,10,14H,3-6,8-9H2,(H,23,24)/t14-/m1/s1. The highest BCUT2D eigenvalue weighted by Crippen LogP contribution is 2.34. The van der Waals surface area contributed by atoms with Gasteiger partial charge in [-0.15, -0.1) is 0 Å². The monoisotopic (exact) mass is 373 g/mol. The summed E-state index contributed by atoms with van der Waals surface area (Å²) < 4.78 is 51.0. The molecule has 0 bridgehead atoms. The average Bonchev–Trinajstić information content (AvgIpc) is 2.80. The van der Waals surface area contributed by atoms with E-state index in [4.69, 9.17) is 14.6 Å². The van der Waals surface area contributed by atoms with Crippen LogP contribution < -0.4 is 4.74 Å². The molecule has 2 heterocycles. The van der Waals surface area contributed by atoms with Gasteiger partial charge in [0, 0.05) is 24.7 Å². The smallest absolute Gasteiger partial charge is 0.412 e. The van der Waals surface area contributed by atoms with Crippen LogP contribution in [0, 0.1) is 5.92 Å². The molecule has 0 aliphatic carbocycles. The third kappa shape index (κ3) is 3.77. The third-order valence-electron chi connectivity index (χ3n) is 4.66. The van der Waals surface area contributed by atoms with E-state index >= 15 is 0 Å². The number of carbonyl (C=O) groups is 2. The van der Waals surface area contributed by atoms with Gasteiger partial charge >= 0.3 is 12.1 Å². The second-order valence-corrected chi connectivity index (χ2v) is 6.35. The first kappa shape index (κ1) is 18.5. The summed E-state index contributed by atoms with van der Waals surface area (Å²) in [7, 11) is 0. The number of hydrogen-bond acceptors (Lipinski definition) is 4. The fourth-order valence-electron chi connectivity index (χ4n) is 3.19. The first-order valence-corrected chi connectivity index (χ1v) is 8.21. The number of fused-ring (bicyclic) bond motifs is 1. The third-order valence-corrected chi connectivity index (χ3v) is 4.66. The maximum Gasteiger partial charge on any atom is 0.412 e. The van der Waals surface area contributed by atoms with Crippen molar-refractivity contribution in [1.82, 2.24) is 4.90 Å². The first-order valence-electron chi connectivity index (χ1n) is 8.21. The van der Waals surface area contributed by atoms with Crippen LogP contribution in [0.2, 0.25) is 0 Å². The number of aromatic carboxylic acids is 1. The van der Waals surface area contributed by atoms with E-state index in [0.29, 0.717) is 31.6 Å². The second-order valence-electron chi connectivity index (χ2n) is 6.35. The van der Waals surface area contributed by atoms with Crippen molar-refractivity contribution in [2.24, 2.45) is 5.92 Å². The predicted molar refractivity (Wildman–Crippen MR) is 82.8 cm³/mol. The van der Waals surface area contributed by atoms with Crippen LogP contribution in [0.3, 0.4) is 0 Å². The molecule has 1 amide bonds. The number of hydrogen-bond donors (Lipinski definition) is 1. The molecular weight excluding hydrogens is 355 g/mol. The Balaban J connectivity index is 1.92. The van der Waals surface area contributed by atoms with Crippen molar-refractivity contribution < 1.29 is 37.3 Å². The largest absolute Gasteiger partial charge is 0.491 e. The van der Waals surface area contributed by atoms with Gasteiger partial charge in [0.1, 0.15) is 12.4 Å². The number of carboxylic acids is 1. The van der Waals surface area contributed by atoms with Crippen molar-refractivity contribution >= 4 is 11.9 Å². The number of alkyl halides is 3. The van der Waals surface area contributed by atoms with Gasteiger partial charge in [0.05, 0.1) is 12.1 Å². The lowest BCUT2D eigenvalue weighted by Gasteiger charge is -2.34. The molecule has 6 nitrogen and oxygen atoms in total. The summed E-state index contributed by atoms with van der Waals surface area (Å²) in [5.41, 5.74) is 0.263. The summed E-state index contributed by atoms with van der Waals surface area (Å²) in [4.78, 5) is 24.6. The van der Waals surface area contributed by atoms with E-state index in [1.165, 1.54) is 18.2 Å². The SMILES string of the molecule is O=C(O)c1ccc2c(c1)OC[C@H](C(F)(F)F)N(C(=O)C1CCOCC1)C2. The Bertz CT molecular complexity index is 700. The van der Waals surface area contributed by atoms with Crippen LogP contribution in [-0.4, -0.2) is 53.9 Å². The van der Waals surface area contributed by atoms with Gasteiger partial charge in [-0.25, -0.2) is 4.79 Å². The summed E-state index contributed by atoms with van der Waals surface area (Å²) in [6, 6.07) is 1.78. The van der Waals surface area contributed by atoms with E-state index in [9.17, 15) is 22.8 Å². The highest BCUT2D eigenvalue weighted by molar-refractivity contribution is 5.88. The van der Waals surface area contributed by atoms with Gasteiger partial charge in [-0.1, -0.05) is 6.07 Å². The lowest BCUT2D eigenvalue weighted by Crippen LogP contribution is -2.52. The van der Waals surface area contributed by atoms with Crippen LogP contribution in [0.5, 0.6) is 5.75 Å². The lowest BCUT2D eigenvalue weighted by atomic mass is 9.97. The maximum absolute atomic E-state index is 13.5. The summed E-state index contributed by atoms with van der Waals surface area (Å²) in [5, 5.41) is 9.04. The molecule has 26 heavy (non-hydrogen) atoms. The minimum Gasteiger partial charge on any atom is -0.491 e.